The van der Waals surface area contributed by atoms with Gasteiger partial charge in [-0.1, -0.05) is 19.9 Å². The van der Waals surface area contributed by atoms with Crippen LogP contribution in [-0.2, 0) is 47.8 Å². The van der Waals surface area contributed by atoms with Crippen LogP contribution in [0.5, 0.6) is 0 Å². The molecule has 1 N–H and O–H groups in total. The second kappa shape index (κ2) is 36.2. The van der Waals surface area contributed by atoms with Crippen LogP contribution in [0.4, 0.5) is 0 Å². The van der Waals surface area contributed by atoms with E-state index in [1.54, 1.807) is 0 Å². The average Bonchev–Trinajstić information content (AvgIpc) is 2.88. The second-order valence-electron chi connectivity index (χ2n) is 8.87. The van der Waals surface area contributed by atoms with E-state index < -0.39 is 98.7 Å². The molecule has 0 aliphatic carbocycles. The first kappa shape index (κ1) is 75.0. The third-order valence-electron chi connectivity index (χ3n) is 6.72. The zero-order valence-corrected chi connectivity index (χ0v) is 48.0. The molecule has 0 rings (SSSR count). The Morgan fingerprint density at radius 3 is 1.52 bits per heavy atom. The Morgan fingerprint density at radius 2 is 1.24 bits per heavy atom. The van der Waals surface area contributed by atoms with Crippen molar-refractivity contribution < 1.29 is 314 Å². The predicted octanol–water partition coefficient (Wildman–Crippen LogP) is -32.8. The Hall–Kier alpha value is 4.06. The first-order valence-corrected chi connectivity index (χ1v) is 14.2. The normalized spacial score (nSPS) is 13.7. The Labute approximate surface area is 467 Å². The van der Waals surface area contributed by atoms with E-state index in [9.17, 15) is 68.1 Å². The first-order chi connectivity index (χ1) is 19.4. The summed E-state index contributed by atoms with van der Waals surface area (Å²) in [6.07, 6.45) is -4.78. The summed E-state index contributed by atoms with van der Waals surface area (Å²) in [6, 6.07) is -0.978. The van der Waals surface area contributed by atoms with E-state index in [1.165, 1.54) is 13.8 Å². The maximum Gasteiger partial charge on any atom is 1.00 e. The van der Waals surface area contributed by atoms with E-state index in [4.69, 9.17) is 0 Å². The number of ketones is 1. The topological polar surface area (TPSA) is 309 Å². The summed E-state index contributed by atoms with van der Waals surface area (Å²) in [4.78, 5) is 134. The molecule has 50 heavy (non-hydrogen) atoms. The van der Waals surface area contributed by atoms with Gasteiger partial charge >= 0.3 is 236 Å². The van der Waals surface area contributed by atoms with Crippen molar-refractivity contribution in [1.82, 2.24) is 10.2 Å². The third-order valence-corrected chi connectivity index (χ3v) is 7.69. The number of ether oxygens (including phenoxy) is 2. The number of amides is 2. The molecular formula is C23H28N2Na8O16Si. The van der Waals surface area contributed by atoms with Crippen LogP contribution < -0.4 is 271 Å². The van der Waals surface area contributed by atoms with Crippen molar-refractivity contribution in [2.75, 3.05) is 19.6 Å². The molecule has 0 bridgehead atoms. The Bertz CT molecular complexity index is 1070. The maximum absolute atomic E-state index is 13.8. The maximum atomic E-state index is 13.8. The number of carbonyl (C=O) groups excluding carboxylic acids is 8. The number of Topliss-reactive ketones (excluding diaryl/α,β-unsaturated/α-hetero) is 1. The van der Waals surface area contributed by atoms with Gasteiger partial charge in [-0.15, -0.1) is 6.04 Å². The summed E-state index contributed by atoms with van der Waals surface area (Å²) in [7, 11) is -5.36. The van der Waals surface area contributed by atoms with E-state index in [0.717, 1.165) is 11.8 Å². The Morgan fingerprint density at radius 1 is 0.780 bits per heavy atom. The summed E-state index contributed by atoms with van der Waals surface area (Å²) in [5.41, 5.74) is -7.18. The molecular weight excluding hydrogens is 772 g/mol. The first-order valence-electron chi connectivity index (χ1n) is 12.3. The molecule has 0 radical (unpaired) electrons. The Kier molecular flexibility index (Phi) is 54.2. The van der Waals surface area contributed by atoms with Gasteiger partial charge in [0.05, 0.1) is 23.3 Å². The molecule has 0 aliphatic heterocycles. The number of carbonyl (C=O) groups is 6. The summed E-state index contributed by atoms with van der Waals surface area (Å²) in [5.74, 6) is -18.8. The van der Waals surface area contributed by atoms with Gasteiger partial charge in [-0.2, -0.15) is 0 Å². The van der Waals surface area contributed by atoms with Crippen LogP contribution in [0.3, 0.4) is 0 Å². The van der Waals surface area contributed by atoms with Crippen molar-refractivity contribution in [3.05, 3.63) is 0 Å². The molecule has 0 aromatic rings. The van der Waals surface area contributed by atoms with Crippen molar-refractivity contribution in [3.8, 4) is 0 Å². The van der Waals surface area contributed by atoms with Crippen LogP contribution in [0.25, 0.3) is 0 Å². The monoisotopic (exact) mass is 800 g/mol. The molecule has 0 saturated carbocycles. The van der Waals surface area contributed by atoms with Crippen LogP contribution in [0.1, 0.15) is 40.5 Å². The van der Waals surface area contributed by atoms with Crippen molar-refractivity contribution in [2.45, 2.75) is 58.3 Å². The van der Waals surface area contributed by atoms with Crippen LogP contribution in [-0.4, -0.2) is 93.5 Å². The molecule has 27 heteroatoms. The smallest absolute Gasteiger partial charge is 0.881 e. The number of carboxylic acids is 3. The second-order valence-corrected chi connectivity index (χ2v) is 10.7. The van der Waals surface area contributed by atoms with Gasteiger partial charge in [-0.05, 0) is 33.6 Å². The molecule has 0 aromatic heterocycles. The molecule has 0 aromatic carbocycles. The van der Waals surface area contributed by atoms with Crippen LogP contribution in [0.2, 0.25) is 6.04 Å². The van der Waals surface area contributed by atoms with Crippen molar-refractivity contribution in [3.63, 3.8) is 0 Å². The Balaban J connectivity index is -0.000000300. The van der Waals surface area contributed by atoms with Crippen LogP contribution in [0, 0.1) is 17.3 Å². The van der Waals surface area contributed by atoms with Gasteiger partial charge in [0.25, 0.3) is 0 Å². The van der Waals surface area contributed by atoms with E-state index in [0.29, 0.717) is 19.9 Å². The van der Waals surface area contributed by atoms with E-state index in [1.807, 2.05) is 5.32 Å². The van der Waals surface area contributed by atoms with Crippen LogP contribution in [0.15, 0.2) is 0 Å². The molecule has 0 spiro atoms. The summed E-state index contributed by atoms with van der Waals surface area (Å²) in [5, 5.41) is 39.3. The van der Waals surface area contributed by atoms with Gasteiger partial charge in [-0.25, -0.2) is 0 Å². The van der Waals surface area contributed by atoms with Gasteiger partial charge in [0.15, 0.2) is 11.4 Å². The fourth-order valence-electron chi connectivity index (χ4n) is 4.66. The van der Waals surface area contributed by atoms with Gasteiger partial charge in [-0.3, -0.25) is 23.2 Å². The molecule has 5 atom stereocenters. The van der Waals surface area contributed by atoms with Crippen molar-refractivity contribution in [1.29, 1.82) is 0 Å². The number of nitrogens with zero attached hydrogens (tertiary/aromatic N) is 1. The number of nitrogens with one attached hydrogen (secondary N) is 1. The van der Waals surface area contributed by atoms with Crippen molar-refractivity contribution >= 4 is 57.3 Å². The van der Waals surface area contributed by atoms with Crippen molar-refractivity contribution in [2.24, 2.45) is 17.3 Å². The summed E-state index contributed by atoms with van der Waals surface area (Å²) >= 11 is 0. The molecule has 0 heterocycles. The molecule has 0 fully saturated rings. The fraction of sp³-hybridized carbons (Fsp3) is 0.652. The number of hydrogen-bond donors (Lipinski definition) is 1. The average molecular weight is 800 g/mol. The number of rotatable bonds is 21. The summed E-state index contributed by atoms with van der Waals surface area (Å²) < 4.78 is 8.84. The molecule has 4 unspecified atom stereocenters. The molecule has 18 nitrogen and oxygen atoms in total. The van der Waals surface area contributed by atoms with Gasteiger partial charge in [0.1, 0.15) is 6.10 Å². The van der Waals surface area contributed by atoms with E-state index >= 15 is 0 Å². The SMILES string of the molecule is CCN(CC)C(=O)C(C(C(=O)[O-])[C@](CC)(C(=O)[O-])C(=O)NCCC[Si]([O-])([O-])[O-])C(O[C-]=O)(C(C)=O)C(O[C-]=O)C(=O)[O-].[Na+].[Na+].[Na+].[Na+].[Na+].[Na+].[Na+].[Na+]. The van der Waals surface area contributed by atoms with Gasteiger partial charge in [0, 0.05) is 31.5 Å². The number of aliphatic carboxylic acids is 3. The van der Waals surface area contributed by atoms with Gasteiger partial charge < -0.3 is 73.4 Å². The largest absolute Gasteiger partial charge is 1.00 e. The minimum atomic E-state index is -5.36. The van der Waals surface area contributed by atoms with E-state index in [2.05, 4.69) is 9.47 Å². The third kappa shape index (κ3) is 20.2. The minimum Gasteiger partial charge on any atom is -0.881 e. The quantitative estimate of drug-likeness (QED) is 0.0488. The zero-order valence-electron chi connectivity index (χ0n) is 31.0. The standard InChI is InChI=1S/C23H31N2O16Si.8Na/c1-5-22(21(35)36,20(34)24-9-8-10-42(37,38)39)15(18(30)31)14(17(29)25(6-2)7-3)23(13(4)28,41-12-27)16(19(32)33)40-11-26;;;;;;;;/h14-16H,5-10H2,1-4H3,(H,24,34)(H,30,31)(H,32,33)(H,35,36);;;;;;;;/q-5;8*+1/p-3/t14?,15?,16?,22-,23?;;;;;;;;/m0......../s1. The van der Waals surface area contributed by atoms with Crippen LogP contribution >= 0.6 is 0 Å². The van der Waals surface area contributed by atoms with Gasteiger partial charge in [0.2, 0.25) is 11.8 Å². The summed E-state index contributed by atoms with van der Waals surface area (Å²) in [6.45, 7) is 4.01. The molecule has 0 saturated heterocycles. The molecule has 0 aliphatic rings. The predicted molar refractivity (Wildman–Crippen MR) is 122 cm³/mol. The molecule has 238 valence electrons. The zero-order chi connectivity index (χ0) is 33.1. The van der Waals surface area contributed by atoms with E-state index in [-0.39, 0.29) is 250 Å². The molecule has 2 amide bonds. The number of carboxylic acid groups (broad SMARTS) is 3. The number of hydrogen-bond acceptors (Lipinski definition) is 16. The fourth-order valence-corrected chi connectivity index (χ4v) is 5.27. The minimum absolute atomic E-state index is 0.